The summed E-state index contributed by atoms with van der Waals surface area (Å²) in [5.74, 6) is -1.03. The number of carbonyl (C=O) groups is 1. The van der Waals surface area contributed by atoms with Crippen LogP contribution >= 0.6 is 15.9 Å². The first kappa shape index (κ1) is 16.4. The van der Waals surface area contributed by atoms with Crippen LogP contribution < -0.4 is 9.64 Å². The average molecular weight is 379 g/mol. The minimum Gasteiger partial charge on any atom is -0.404 e. The highest BCUT2D eigenvalue weighted by Crippen LogP contribution is 2.38. The molecule has 118 valence electrons. The minimum absolute atomic E-state index is 0.0279. The van der Waals surface area contributed by atoms with E-state index in [2.05, 4.69) is 30.7 Å². The third-order valence-electron chi connectivity index (χ3n) is 3.05. The number of amides is 1. The number of benzene rings is 1. The molecule has 1 atom stereocenters. The lowest BCUT2D eigenvalue weighted by molar-refractivity contribution is -0.274. The standard InChI is InChI=1S/C12H10BrF3N4O2/c13-8-1-2-10(22-12(14,15)16)9(4-8)20-6-7(3-11(20)21)5-18-19-17/h1-2,4,7H,3,5-6H2. The van der Waals surface area contributed by atoms with Crippen LogP contribution in [0.4, 0.5) is 18.9 Å². The third kappa shape index (κ3) is 4.05. The van der Waals surface area contributed by atoms with Gasteiger partial charge in [-0.15, -0.1) is 13.2 Å². The molecule has 0 spiro atoms. The summed E-state index contributed by atoms with van der Waals surface area (Å²) in [5.41, 5.74) is 8.32. The van der Waals surface area contributed by atoms with Crippen molar-refractivity contribution < 1.29 is 22.7 Å². The summed E-state index contributed by atoms with van der Waals surface area (Å²) in [6, 6.07) is 3.92. The number of hydrogen-bond donors (Lipinski definition) is 0. The molecule has 2 rings (SSSR count). The van der Waals surface area contributed by atoms with Crippen molar-refractivity contribution in [1.29, 1.82) is 0 Å². The fourth-order valence-corrected chi connectivity index (χ4v) is 2.55. The SMILES string of the molecule is [N-]=[N+]=NCC1CC(=O)N(c2cc(Br)ccc2OC(F)(F)F)C1. The highest BCUT2D eigenvalue weighted by atomic mass is 79.9. The first-order chi connectivity index (χ1) is 10.3. The summed E-state index contributed by atoms with van der Waals surface area (Å²) in [6.07, 6.45) is -4.74. The normalized spacial score (nSPS) is 18.3. The number of halogens is 4. The maximum Gasteiger partial charge on any atom is 0.573 e. The maximum atomic E-state index is 12.5. The second-order valence-corrected chi connectivity index (χ2v) is 5.56. The quantitative estimate of drug-likeness (QED) is 0.450. The van der Waals surface area contributed by atoms with Crippen LogP contribution in [0.15, 0.2) is 27.8 Å². The average Bonchev–Trinajstić information content (AvgIpc) is 2.78. The van der Waals surface area contributed by atoms with Crippen molar-refractivity contribution >= 4 is 27.5 Å². The number of hydrogen-bond acceptors (Lipinski definition) is 3. The van der Waals surface area contributed by atoms with Crippen molar-refractivity contribution in [1.82, 2.24) is 0 Å². The number of nitrogens with zero attached hydrogens (tertiary/aromatic N) is 4. The molecule has 0 aromatic heterocycles. The zero-order valence-electron chi connectivity index (χ0n) is 11.0. The molecule has 1 aliphatic rings. The summed E-state index contributed by atoms with van der Waals surface area (Å²) in [7, 11) is 0. The molecule has 6 nitrogen and oxygen atoms in total. The Morgan fingerprint density at radius 2 is 2.23 bits per heavy atom. The molecule has 1 aliphatic heterocycles. The van der Waals surface area contributed by atoms with Crippen LogP contribution in [0.2, 0.25) is 0 Å². The molecular formula is C12H10BrF3N4O2. The predicted octanol–water partition coefficient (Wildman–Crippen LogP) is 4.01. The lowest BCUT2D eigenvalue weighted by Gasteiger charge is -2.21. The van der Waals surface area contributed by atoms with Gasteiger partial charge in [-0.05, 0) is 29.6 Å². The Kier molecular flexibility index (Phi) is 4.82. The van der Waals surface area contributed by atoms with Crippen molar-refractivity contribution in [3.05, 3.63) is 33.1 Å². The maximum absolute atomic E-state index is 12.5. The van der Waals surface area contributed by atoms with E-state index in [1.807, 2.05) is 0 Å². The van der Waals surface area contributed by atoms with Crippen LogP contribution in [-0.4, -0.2) is 25.4 Å². The van der Waals surface area contributed by atoms with E-state index in [9.17, 15) is 18.0 Å². The van der Waals surface area contributed by atoms with Crippen LogP contribution in [-0.2, 0) is 4.79 Å². The Balaban J connectivity index is 2.29. The van der Waals surface area contributed by atoms with E-state index >= 15 is 0 Å². The molecule has 1 saturated heterocycles. The highest BCUT2D eigenvalue weighted by molar-refractivity contribution is 9.10. The zero-order chi connectivity index (χ0) is 16.3. The van der Waals surface area contributed by atoms with Crippen molar-refractivity contribution in [2.75, 3.05) is 18.0 Å². The van der Waals surface area contributed by atoms with Crippen molar-refractivity contribution in [3.63, 3.8) is 0 Å². The second-order valence-electron chi connectivity index (χ2n) is 4.65. The Morgan fingerprint density at radius 1 is 1.50 bits per heavy atom. The van der Waals surface area contributed by atoms with Crippen molar-refractivity contribution in [2.45, 2.75) is 12.8 Å². The first-order valence-electron chi connectivity index (χ1n) is 6.16. The second kappa shape index (κ2) is 6.45. The Hall–Kier alpha value is -1.93. The minimum atomic E-state index is -4.85. The summed E-state index contributed by atoms with van der Waals surface area (Å²) >= 11 is 3.16. The van der Waals surface area contributed by atoms with Crippen LogP contribution in [0.3, 0.4) is 0 Å². The first-order valence-corrected chi connectivity index (χ1v) is 6.96. The van der Waals surface area contributed by atoms with Crippen molar-refractivity contribution in [3.8, 4) is 5.75 Å². The van der Waals surface area contributed by atoms with E-state index in [4.69, 9.17) is 5.53 Å². The lowest BCUT2D eigenvalue weighted by atomic mass is 10.1. The number of rotatable bonds is 4. The molecule has 1 unspecified atom stereocenters. The van der Waals surface area contributed by atoms with Crippen LogP contribution in [0.5, 0.6) is 5.75 Å². The Bertz CT molecular complexity index is 631. The van der Waals surface area contributed by atoms with Gasteiger partial charge in [-0.3, -0.25) is 4.79 Å². The molecule has 0 N–H and O–H groups in total. The topological polar surface area (TPSA) is 78.3 Å². The molecule has 1 heterocycles. The molecule has 1 aromatic carbocycles. The van der Waals surface area contributed by atoms with Gasteiger partial charge < -0.3 is 9.64 Å². The molecular weight excluding hydrogens is 369 g/mol. The molecule has 0 aliphatic carbocycles. The number of azide groups is 1. The molecule has 0 radical (unpaired) electrons. The molecule has 10 heteroatoms. The van der Waals surface area contributed by atoms with Crippen LogP contribution in [0.1, 0.15) is 6.42 Å². The van der Waals surface area contributed by atoms with E-state index < -0.39 is 12.1 Å². The van der Waals surface area contributed by atoms with E-state index in [0.29, 0.717) is 4.47 Å². The lowest BCUT2D eigenvalue weighted by Crippen LogP contribution is -2.27. The molecule has 1 amide bonds. The van der Waals surface area contributed by atoms with Gasteiger partial charge in [0.15, 0.2) is 5.75 Å². The molecule has 0 saturated carbocycles. The Labute approximate surface area is 131 Å². The zero-order valence-corrected chi connectivity index (χ0v) is 12.6. The van der Waals surface area contributed by atoms with Gasteiger partial charge in [0.2, 0.25) is 5.91 Å². The summed E-state index contributed by atoms with van der Waals surface area (Å²) in [5, 5.41) is 3.40. The molecule has 22 heavy (non-hydrogen) atoms. The van der Waals surface area contributed by atoms with Gasteiger partial charge in [-0.2, -0.15) is 0 Å². The van der Waals surface area contributed by atoms with E-state index in [0.717, 1.165) is 6.07 Å². The van der Waals surface area contributed by atoms with E-state index in [1.54, 1.807) is 0 Å². The van der Waals surface area contributed by atoms with E-state index in [1.165, 1.54) is 17.0 Å². The predicted molar refractivity (Wildman–Crippen MR) is 75.3 cm³/mol. The molecule has 0 bridgehead atoms. The molecule has 1 fully saturated rings. The monoisotopic (exact) mass is 378 g/mol. The number of ether oxygens (including phenoxy) is 1. The van der Waals surface area contributed by atoms with Crippen molar-refractivity contribution in [2.24, 2.45) is 11.0 Å². The van der Waals surface area contributed by atoms with Crippen LogP contribution in [0.25, 0.3) is 10.4 Å². The summed E-state index contributed by atoms with van der Waals surface area (Å²) < 4.78 is 41.9. The summed E-state index contributed by atoms with van der Waals surface area (Å²) in [4.78, 5) is 15.8. The van der Waals surface area contributed by atoms with Gasteiger partial charge in [0.05, 0.1) is 5.69 Å². The molecule has 1 aromatic rings. The third-order valence-corrected chi connectivity index (χ3v) is 3.54. The summed E-state index contributed by atoms with van der Waals surface area (Å²) in [6.45, 7) is 0.282. The smallest absolute Gasteiger partial charge is 0.404 e. The Morgan fingerprint density at radius 3 is 2.86 bits per heavy atom. The number of carbonyl (C=O) groups excluding carboxylic acids is 1. The number of alkyl halides is 3. The fourth-order valence-electron chi connectivity index (χ4n) is 2.20. The van der Waals surface area contributed by atoms with E-state index in [-0.39, 0.29) is 37.0 Å². The fraction of sp³-hybridized carbons (Fsp3) is 0.417. The largest absolute Gasteiger partial charge is 0.573 e. The van der Waals surface area contributed by atoms with Gasteiger partial charge >= 0.3 is 6.36 Å². The number of anilines is 1. The van der Waals surface area contributed by atoms with Gasteiger partial charge in [-0.1, -0.05) is 21.0 Å². The highest BCUT2D eigenvalue weighted by Gasteiger charge is 2.36. The van der Waals surface area contributed by atoms with Gasteiger partial charge in [0.1, 0.15) is 0 Å². The van der Waals surface area contributed by atoms with Gasteiger partial charge in [0, 0.05) is 28.9 Å². The van der Waals surface area contributed by atoms with Gasteiger partial charge in [-0.25, -0.2) is 0 Å². The van der Waals surface area contributed by atoms with Gasteiger partial charge in [0.25, 0.3) is 0 Å². The van der Waals surface area contributed by atoms with Crippen LogP contribution in [0, 0.1) is 5.92 Å².